The minimum atomic E-state index is -1.11. The maximum atomic E-state index is 12.6. The van der Waals surface area contributed by atoms with Crippen LogP contribution in [0, 0.1) is 5.92 Å². The molecule has 2 rings (SSSR count). The molecular formula is C18H33N3O3. The maximum Gasteiger partial charge on any atom is 0.405 e. The predicted octanol–water partition coefficient (Wildman–Crippen LogP) is 2.58. The zero-order valence-corrected chi connectivity index (χ0v) is 15.5. The molecular weight excluding hydrogens is 306 g/mol. The molecule has 2 amide bonds. The zero-order chi connectivity index (χ0) is 17.9. The van der Waals surface area contributed by atoms with Crippen molar-refractivity contribution in [1.82, 2.24) is 15.5 Å². The topological polar surface area (TPSA) is 81.7 Å². The summed E-state index contributed by atoms with van der Waals surface area (Å²) >= 11 is 0. The van der Waals surface area contributed by atoms with E-state index in [1.54, 1.807) is 0 Å². The third-order valence-corrected chi connectivity index (χ3v) is 5.18. The highest BCUT2D eigenvalue weighted by atomic mass is 16.4. The predicted molar refractivity (Wildman–Crippen MR) is 94.0 cm³/mol. The van der Waals surface area contributed by atoms with Crippen LogP contribution in [0.2, 0.25) is 0 Å². The van der Waals surface area contributed by atoms with E-state index in [2.05, 4.69) is 38.3 Å². The van der Waals surface area contributed by atoms with Crippen molar-refractivity contribution >= 4 is 12.0 Å². The van der Waals surface area contributed by atoms with Crippen LogP contribution < -0.4 is 10.6 Å². The first-order chi connectivity index (χ1) is 11.2. The Morgan fingerprint density at radius 1 is 1.29 bits per heavy atom. The number of hydrogen-bond donors (Lipinski definition) is 3. The second-order valence-corrected chi connectivity index (χ2v) is 8.34. The van der Waals surface area contributed by atoms with Crippen LogP contribution in [0.3, 0.4) is 0 Å². The van der Waals surface area contributed by atoms with Crippen molar-refractivity contribution in [2.45, 2.75) is 89.9 Å². The van der Waals surface area contributed by atoms with Crippen LogP contribution in [0.4, 0.5) is 4.79 Å². The number of rotatable bonds is 5. The Morgan fingerprint density at radius 3 is 2.58 bits per heavy atom. The van der Waals surface area contributed by atoms with E-state index in [1.165, 1.54) is 0 Å². The molecule has 0 aromatic rings. The lowest BCUT2D eigenvalue weighted by molar-refractivity contribution is -0.133. The molecule has 0 spiro atoms. The molecule has 1 aliphatic carbocycles. The van der Waals surface area contributed by atoms with Gasteiger partial charge in [-0.3, -0.25) is 4.79 Å². The van der Waals surface area contributed by atoms with Gasteiger partial charge in [-0.15, -0.1) is 0 Å². The standard InChI is InChI=1S/C18H33N3O3/c1-5-6-12-11-13(20-18(2,3)4)7-8-15(12)21-10-9-14(16(21)22)19-17(23)24/h12-15,19-20H,5-11H2,1-4H3,(H,23,24)/t12-,13?,14+,15+/m1/s1. The molecule has 1 unspecified atom stereocenters. The van der Waals surface area contributed by atoms with Crippen LogP contribution in [0.15, 0.2) is 0 Å². The van der Waals surface area contributed by atoms with Crippen molar-refractivity contribution in [2.75, 3.05) is 6.54 Å². The van der Waals surface area contributed by atoms with E-state index in [0.29, 0.717) is 24.9 Å². The molecule has 0 aromatic heterocycles. The lowest BCUT2D eigenvalue weighted by Crippen LogP contribution is -2.53. The largest absolute Gasteiger partial charge is 0.465 e. The molecule has 2 fully saturated rings. The van der Waals surface area contributed by atoms with Crippen LogP contribution >= 0.6 is 0 Å². The van der Waals surface area contributed by atoms with E-state index >= 15 is 0 Å². The van der Waals surface area contributed by atoms with Gasteiger partial charge in [0.05, 0.1) is 0 Å². The van der Waals surface area contributed by atoms with Gasteiger partial charge in [0.1, 0.15) is 6.04 Å². The molecule has 1 saturated carbocycles. The maximum absolute atomic E-state index is 12.6. The summed E-state index contributed by atoms with van der Waals surface area (Å²) in [6.45, 7) is 9.45. The van der Waals surface area contributed by atoms with Crippen LogP contribution in [-0.2, 0) is 4.79 Å². The summed E-state index contributed by atoms with van der Waals surface area (Å²) in [6.07, 6.45) is 4.88. The number of hydrogen-bond acceptors (Lipinski definition) is 3. The summed E-state index contributed by atoms with van der Waals surface area (Å²) in [5.74, 6) is 0.460. The molecule has 0 radical (unpaired) electrons. The van der Waals surface area contributed by atoms with Crippen LogP contribution in [0.25, 0.3) is 0 Å². The van der Waals surface area contributed by atoms with Crippen molar-refractivity contribution in [3.63, 3.8) is 0 Å². The molecule has 1 heterocycles. The van der Waals surface area contributed by atoms with Crippen molar-refractivity contribution in [3.05, 3.63) is 0 Å². The molecule has 24 heavy (non-hydrogen) atoms. The van der Waals surface area contributed by atoms with Gasteiger partial charge in [0.25, 0.3) is 0 Å². The SMILES string of the molecule is CCC[C@@H]1CC(NC(C)(C)C)CC[C@@H]1N1CC[C@H](NC(=O)O)C1=O. The Hall–Kier alpha value is -1.30. The number of nitrogens with one attached hydrogen (secondary N) is 2. The molecule has 2 aliphatic rings. The number of carbonyl (C=O) groups excluding carboxylic acids is 1. The molecule has 6 heteroatoms. The van der Waals surface area contributed by atoms with Crippen molar-refractivity contribution < 1.29 is 14.7 Å². The van der Waals surface area contributed by atoms with E-state index in [-0.39, 0.29) is 17.5 Å². The second kappa shape index (κ2) is 7.72. The van der Waals surface area contributed by atoms with Gasteiger partial charge in [-0.2, -0.15) is 0 Å². The van der Waals surface area contributed by atoms with Gasteiger partial charge in [0.2, 0.25) is 5.91 Å². The fraction of sp³-hybridized carbons (Fsp3) is 0.889. The van der Waals surface area contributed by atoms with Gasteiger partial charge in [-0.1, -0.05) is 13.3 Å². The van der Waals surface area contributed by atoms with Crippen LogP contribution in [0.5, 0.6) is 0 Å². The summed E-state index contributed by atoms with van der Waals surface area (Å²) in [6, 6.07) is 0.203. The summed E-state index contributed by atoms with van der Waals surface area (Å²) < 4.78 is 0. The molecule has 4 atom stereocenters. The minimum Gasteiger partial charge on any atom is -0.465 e. The number of carboxylic acid groups (broad SMARTS) is 1. The number of likely N-dealkylation sites (tertiary alicyclic amines) is 1. The lowest BCUT2D eigenvalue weighted by Gasteiger charge is -2.43. The van der Waals surface area contributed by atoms with Crippen molar-refractivity contribution in [2.24, 2.45) is 5.92 Å². The van der Waals surface area contributed by atoms with Gasteiger partial charge >= 0.3 is 6.09 Å². The Balaban J connectivity index is 2.01. The van der Waals surface area contributed by atoms with Crippen molar-refractivity contribution in [1.29, 1.82) is 0 Å². The lowest BCUT2D eigenvalue weighted by atomic mass is 9.78. The summed E-state index contributed by atoms with van der Waals surface area (Å²) in [7, 11) is 0. The van der Waals surface area contributed by atoms with E-state index in [1.807, 2.05) is 4.90 Å². The second-order valence-electron chi connectivity index (χ2n) is 8.34. The Bertz CT molecular complexity index is 461. The quantitative estimate of drug-likeness (QED) is 0.719. The first-order valence-electron chi connectivity index (χ1n) is 9.29. The molecule has 3 N–H and O–H groups in total. The first kappa shape index (κ1) is 19.0. The highest BCUT2D eigenvalue weighted by Crippen LogP contribution is 2.34. The highest BCUT2D eigenvalue weighted by molar-refractivity contribution is 5.87. The van der Waals surface area contributed by atoms with Gasteiger partial charge in [-0.05, 0) is 58.8 Å². The normalized spacial score (nSPS) is 31.3. The third kappa shape index (κ3) is 4.85. The number of nitrogens with zero attached hydrogens (tertiary/aromatic N) is 1. The monoisotopic (exact) mass is 339 g/mol. The smallest absolute Gasteiger partial charge is 0.405 e. The van der Waals surface area contributed by atoms with Gasteiger partial charge in [-0.25, -0.2) is 4.79 Å². The van der Waals surface area contributed by atoms with E-state index < -0.39 is 12.1 Å². The third-order valence-electron chi connectivity index (χ3n) is 5.18. The molecule has 1 aliphatic heterocycles. The first-order valence-corrected chi connectivity index (χ1v) is 9.29. The van der Waals surface area contributed by atoms with Crippen LogP contribution in [0.1, 0.15) is 66.2 Å². The van der Waals surface area contributed by atoms with E-state index in [4.69, 9.17) is 5.11 Å². The van der Waals surface area contributed by atoms with Gasteiger partial charge < -0.3 is 20.6 Å². The van der Waals surface area contributed by atoms with E-state index in [9.17, 15) is 9.59 Å². The summed E-state index contributed by atoms with van der Waals surface area (Å²) in [5.41, 5.74) is 0.105. The molecule has 1 saturated heterocycles. The number of amides is 2. The molecule has 6 nitrogen and oxygen atoms in total. The minimum absolute atomic E-state index is 0.0364. The van der Waals surface area contributed by atoms with E-state index in [0.717, 1.165) is 32.1 Å². The summed E-state index contributed by atoms with van der Waals surface area (Å²) in [5, 5.41) is 14.9. The van der Waals surface area contributed by atoms with Gasteiger partial charge in [0.15, 0.2) is 0 Å². The average Bonchev–Trinajstić information content (AvgIpc) is 2.79. The van der Waals surface area contributed by atoms with Crippen LogP contribution in [-0.4, -0.2) is 52.2 Å². The molecule has 0 bridgehead atoms. The fourth-order valence-electron chi connectivity index (χ4n) is 4.40. The average molecular weight is 339 g/mol. The zero-order valence-electron chi connectivity index (χ0n) is 15.5. The van der Waals surface area contributed by atoms with Gasteiger partial charge in [0, 0.05) is 24.2 Å². The highest BCUT2D eigenvalue weighted by Gasteiger charge is 2.42. The Morgan fingerprint density at radius 2 is 2.00 bits per heavy atom. The number of carbonyl (C=O) groups is 2. The Kier molecular flexibility index (Phi) is 6.12. The van der Waals surface area contributed by atoms with Crippen molar-refractivity contribution in [3.8, 4) is 0 Å². The molecule has 0 aromatic carbocycles. The Labute approximate surface area is 145 Å². The fourth-order valence-corrected chi connectivity index (χ4v) is 4.40. The molecule has 138 valence electrons. The summed E-state index contributed by atoms with van der Waals surface area (Å²) in [4.78, 5) is 25.4.